The molecule has 0 fully saturated rings. The quantitative estimate of drug-likeness (QED) is 0.507. The lowest BCUT2D eigenvalue weighted by Crippen LogP contribution is -2.47. The molecule has 0 unspecified atom stereocenters. The van der Waals surface area contributed by atoms with Crippen LogP contribution in [0.5, 0.6) is 0 Å². The minimum absolute atomic E-state index is 0.00775. The highest BCUT2D eigenvalue weighted by atomic mass is 79.9. The normalized spacial score (nSPS) is 11.7. The third-order valence-corrected chi connectivity index (χ3v) is 5.54. The van der Waals surface area contributed by atoms with E-state index in [1.54, 1.807) is 4.90 Å². The van der Waals surface area contributed by atoms with E-state index >= 15 is 0 Å². The standard InChI is InChI=1S/C24H31BrN2O2/c1-4-5-16-26-24(29)19(3)27(17-21-10-13-22(25)14-11-21)23(28)15-12-20-8-6-18(2)7-9-20/h6-11,13-14,19H,4-5,12,15-17H2,1-3H3,(H,26,29)/t19-/m1/s1. The first-order valence-electron chi connectivity index (χ1n) is 10.3. The number of unbranched alkanes of at least 4 members (excludes halogenated alkanes) is 1. The minimum atomic E-state index is -0.513. The summed E-state index contributed by atoms with van der Waals surface area (Å²) in [7, 11) is 0. The summed E-state index contributed by atoms with van der Waals surface area (Å²) in [6.45, 7) is 7.01. The molecule has 0 bridgehead atoms. The van der Waals surface area contributed by atoms with Crippen molar-refractivity contribution in [1.29, 1.82) is 0 Å². The zero-order valence-corrected chi connectivity index (χ0v) is 19.2. The van der Waals surface area contributed by atoms with Crippen molar-refractivity contribution in [1.82, 2.24) is 10.2 Å². The highest BCUT2D eigenvalue weighted by Crippen LogP contribution is 2.16. The second kappa shape index (κ2) is 11.8. The zero-order chi connectivity index (χ0) is 21.2. The molecule has 29 heavy (non-hydrogen) atoms. The second-order valence-electron chi connectivity index (χ2n) is 7.45. The number of aryl methyl sites for hydroxylation is 2. The molecule has 1 atom stereocenters. The van der Waals surface area contributed by atoms with Crippen LogP contribution >= 0.6 is 15.9 Å². The fourth-order valence-electron chi connectivity index (χ4n) is 3.05. The van der Waals surface area contributed by atoms with Crippen LogP contribution < -0.4 is 5.32 Å². The van der Waals surface area contributed by atoms with E-state index in [1.807, 2.05) is 38.1 Å². The smallest absolute Gasteiger partial charge is 0.242 e. The number of amides is 2. The Morgan fingerprint density at radius 2 is 1.66 bits per heavy atom. The maximum absolute atomic E-state index is 13.1. The number of halogens is 1. The summed E-state index contributed by atoms with van der Waals surface area (Å²) in [5, 5.41) is 2.95. The van der Waals surface area contributed by atoms with Gasteiger partial charge in [0.2, 0.25) is 11.8 Å². The first kappa shape index (κ1) is 23.1. The molecule has 1 N–H and O–H groups in total. The number of carbonyl (C=O) groups is 2. The maximum atomic E-state index is 13.1. The van der Waals surface area contributed by atoms with Crippen molar-refractivity contribution in [2.24, 2.45) is 0 Å². The number of hydrogen-bond donors (Lipinski definition) is 1. The maximum Gasteiger partial charge on any atom is 0.242 e. The van der Waals surface area contributed by atoms with E-state index in [4.69, 9.17) is 0 Å². The minimum Gasteiger partial charge on any atom is -0.354 e. The van der Waals surface area contributed by atoms with Gasteiger partial charge in [-0.15, -0.1) is 0 Å². The first-order chi connectivity index (χ1) is 13.9. The van der Waals surface area contributed by atoms with Crippen LogP contribution in [0.15, 0.2) is 53.0 Å². The molecule has 0 heterocycles. The number of carbonyl (C=O) groups excluding carboxylic acids is 2. The highest BCUT2D eigenvalue weighted by molar-refractivity contribution is 9.10. The Labute approximate surface area is 182 Å². The SMILES string of the molecule is CCCCNC(=O)[C@@H](C)N(Cc1ccc(Br)cc1)C(=O)CCc1ccc(C)cc1. The zero-order valence-electron chi connectivity index (χ0n) is 17.6. The van der Waals surface area contributed by atoms with Crippen molar-refractivity contribution in [3.8, 4) is 0 Å². The van der Waals surface area contributed by atoms with Gasteiger partial charge in [0.25, 0.3) is 0 Å². The monoisotopic (exact) mass is 458 g/mol. The van der Waals surface area contributed by atoms with Crippen LogP contribution in [0.4, 0.5) is 0 Å². The molecule has 156 valence electrons. The Morgan fingerprint density at radius 1 is 1.03 bits per heavy atom. The van der Waals surface area contributed by atoms with Crippen molar-refractivity contribution < 1.29 is 9.59 Å². The van der Waals surface area contributed by atoms with Gasteiger partial charge in [-0.1, -0.05) is 71.2 Å². The summed E-state index contributed by atoms with van der Waals surface area (Å²) in [6, 6.07) is 15.6. The molecule has 5 heteroatoms. The molecular formula is C24H31BrN2O2. The van der Waals surface area contributed by atoms with Crippen molar-refractivity contribution in [3.05, 3.63) is 69.7 Å². The van der Waals surface area contributed by atoms with Crippen molar-refractivity contribution in [2.75, 3.05) is 6.54 Å². The van der Waals surface area contributed by atoms with Gasteiger partial charge in [-0.05, 0) is 49.9 Å². The molecule has 4 nitrogen and oxygen atoms in total. The van der Waals surface area contributed by atoms with Crippen LogP contribution in [0.25, 0.3) is 0 Å². The predicted molar refractivity (Wildman–Crippen MR) is 122 cm³/mol. The number of benzene rings is 2. The van der Waals surface area contributed by atoms with E-state index in [-0.39, 0.29) is 11.8 Å². The first-order valence-corrected chi connectivity index (χ1v) is 11.1. The van der Waals surface area contributed by atoms with E-state index < -0.39 is 6.04 Å². The fourth-order valence-corrected chi connectivity index (χ4v) is 3.32. The third-order valence-electron chi connectivity index (χ3n) is 5.01. The van der Waals surface area contributed by atoms with Gasteiger partial charge in [0.15, 0.2) is 0 Å². The number of hydrogen-bond acceptors (Lipinski definition) is 2. The molecule has 2 aromatic rings. The van der Waals surface area contributed by atoms with Crippen molar-refractivity contribution in [2.45, 2.75) is 59.0 Å². The molecule has 0 saturated carbocycles. The Hall–Kier alpha value is -2.14. The van der Waals surface area contributed by atoms with Gasteiger partial charge in [0.1, 0.15) is 6.04 Å². The van der Waals surface area contributed by atoms with E-state index in [2.05, 4.69) is 52.4 Å². The lowest BCUT2D eigenvalue weighted by molar-refractivity contribution is -0.140. The van der Waals surface area contributed by atoms with Crippen molar-refractivity contribution >= 4 is 27.7 Å². The summed E-state index contributed by atoms with van der Waals surface area (Å²) < 4.78 is 0.990. The van der Waals surface area contributed by atoms with Crippen LogP contribution in [-0.2, 0) is 22.6 Å². The Morgan fingerprint density at radius 3 is 2.28 bits per heavy atom. The van der Waals surface area contributed by atoms with Gasteiger partial charge in [-0.3, -0.25) is 9.59 Å². The molecule has 2 amide bonds. The highest BCUT2D eigenvalue weighted by Gasteiger charge is 2.25. The molecule has 0 aliphatic carbocycles. The average molecular weight is 459 g/mol. The molecular weight excluding hydrogens is 428 g/mol. The van der Waals surface area contributed by atoms with E-state index in [1.165, 1.54) is 5.56 Å². The fraction of sp³-hybridized carbons (Fsp3) is 0.417. The van der Waals surface area contributed by atoms with Gasteiger partial charge in [-0.25, -0.2) is 0 Å². The van der Waals surface area contributed by atoms with Crippen molar-refractivity contribution in [3.63, 3.8) is 0 Å². The van der Waals surface area contributed by atoms with E-state index in [0.717, 1.165) is 28.4 Å². The van der Waals surface area contributed by atoms with Gasteiger partial charge in [0.05, 0.1) is 0 Å². The van der Waals surface area contributed by atoms with Gasteiger partial charge in [-0.2, -0.15) is 0 Å². The predicted octanol–water partition coefficient (Wildman–Crippen LogP) is 5.02. The molecule has 0 radical (unpaired) electrons. The summed E-state index contributed by atoms with van der Waals surface area (Å²) >= 11 is 3.44. The van der Waals surface area contributed by atoms with Crippen LogP contribution in [-0.4, -0.2) is 29.3 Å². The van der Waals surface area contributed by atoms with E-state index in [0.29, 0.717) is 25.9 Å². The van der Waals surface area contributed by atoms with Crippen LogP contribution in [0.3, 0.4) is 0 Å². The van der Waals surface area contributed by atoms with Crippen LogP contribution in [0.2, 0.25) is 0 Å². The molecule has 0 aliphatic heterocycles. The summed E-state index contributed by atoms with van der Waals surface area (Å²) in [4.78, 5) is 27.4. The summed E-state index contributed by atoms with van der Waals surface area (Å²) in [5.41, 5.74) is 3.34. The Bertz CT molecular complexity index is 788. The second-order valence-corrected chi connectivity index (χ2v) is 8.37. The Balaban J connectivity index is 2.08. The van der Waals surface area contributed by atoms with Crippen LogP contribution in [0, 0.1) is 6.92 Å². The average Bonchev–Trinajstić information content (AvgIpc) is 2.72. The summed E-state index contributed by atoms with van der Waals surface area (Å²) in [6.07, 6.45) is 3.01. The number of rotatable bonds is 10. The molecule has 2 aromatic carbocycles. The lowest BCUT2D eigenvalue weighted by atomic mass is 10.1. The van der Waals surface area contributed by atoms with Gasteiger partial charge < -0.3 is 10.2 Å². The molecule has 0 spiro atoms. The van der Waals surface area contributed by atoms with E-state index in [9.17, 15) is 9.59 Å². The Kier molecular flexibility index (Phi) is 9.39. The topological polar surface area (TPSA) is 49.4 Å². The summed E-state index contributed by atoms with van der Waals surface area (Å²) in [5.74, 6) is -0.106. The van der Waals surface area contributed by atoms with Crippen LogP contribution in [0.1, 0.15) is 49.8 Å². The largest absolute Gasteiger partial charge is 0.354 e. The lowest BCUT2D eigenvalue weighted by Gasteiger charge is -2.29. The number of nitrogens with zero attached hydrogens (tertiary/aromatic N) is 1. The third kappa shape index (κ3) is 7.65. The molecule has 0 aromatic heterocycles. The molecule has 2 rings (SSSR count). The van der Waals surface area contributed by atoms with Gasteiger partial charge >= 0.3 is 0 Å². The molecule has 0 saturated heterocycles. The number of nitrogens with one attached hydrogen (secondary N) is 1. The molecule has 0 aliphatic rings. The van der Waals surface area contributed by atoms with Gasteiger partial charge in [0, 0.05) is 24.0 Å².